The van der Waals surface area contributed by atoms with E-state index in [-0.39, 0.29) is 5.99 Å². The summed E-state index contributed by atoms with van der Waals surface area (Å²) in [5.41, 5.74) is 14.4. The van der Waals surface area contributed by atoms with Gasteiger partial charge in [0.1, 0.15) is 11.5 Å². The molecule has 10 aromatic rings. The zero-order valence-electron chi connectivity index (χ0n) is 28.5. The van der Waals surface area contributed by atoms with Crippen LogP contribution in [0.3, 0.4) is 0 Å². The molecule has 2 aliphatic heterocycles. The second-order valence-electron chi connectivity index (χ2n) is 14.0. The first kappa shape index (κ1) is 29.2. The summed E-state index contributed by atoms with van der Waals surface area (Å²) in [4.78, 5) is 1.28. The predicted molar refractivity (Wildman–Crippen MR) is 223 cm³/mol. The van der Waals surface area contributed by atoms with Crippen LogP contribution in [0.2, 0.25) is 0 Å². The lowest BCUT2D eigenvalue weighted by molar-refractivity contribution is 0.488. The van der Waals surface area contributed by atoms with Gasteiger partial charge in [-0.15, -0.1) is 0 Å². The number of hydrogen-bond acceptors (Lipinski definition) is 2. The first-order valence-electron chi connectivity index (χ1n) is 18.1. The number of rotatable bonds is 3. The number of aromatic nitrogens is 2. The number of ether oxygens (including phenoxy) is 1. The third kappa shape index (κ3) is 4.14. The Morgan fingerprint density at radius 1 is 0.434 bits per heavy atom. The van der Waals surface area contributed by atoms with Crippen molar-refractivity contribution in [1.82, 2.24) is 9.13 Å². The summed E-state index contributed by atoms with van der Waals surface area (Å²) in [6.07, 6.45) is 0. The molecule has 0 saturated heterocycles. The minimum absolute atomic E-state index is 0.118. The van der Waals surface area contributed by atoms with E-state index in [9.17, 15) is 0 Å². The summed E-state index contributed by atoms with van der Waals surface area (Å²) in [6, 6.07) is 64.0. The van der Waals surface area contributed by atoms with E-state index in [1.807, 2.05) is 11.6 Å². The number of fused-ring (bicyclic) bond motifs is 10. The van der Waals surface area contributed by atoms with Crippen LogP contribution in [-0.4, -0.2) is 15.1 Å². The third-order valence-corrected chi connectivity index (χ3v) is 12.5. The van der Waals surface area contributed by atoms with Gasteiger partial charge >= 0.3 is 0 Å². The van der Waals surface area contributed by atoms with Gasteiger partial charge in [-0.2, -0.15) is 11.6 Å². The number of para-hydroxylation sites is 6. The summed E-state index contributed by atoms with van der Waals surface area (Å²) in [5, 5.41) is 5.05. The molecule has 0 unspecified atom stereocenters. The standard InChI is InChI=1S/C48H29BN2OS/c1-7-19-40(51-43-22-10-4-16-35(43)36-17-5-11-23-44(36)51)32(13-1)30-27-38-37-26-25-31(50-41-20-8-2-14-33(41)34-15-3-9-21-42(34)50)29-47(37)53-49-39-18-6-12-24-45(39)52-46(28-30)48(38)49/h1-29H. The Kier molecular flexibility index (Phi) is 6.08. The van der Waals surface area contributed by atoms with Crippen molar-refractivity contribution >= 4 is 72.1 Å². The van der Waals surface area contributed by atoms with Crippen LogP contribution in [-0.2, 0) is 0 Å². The first-order valence-corrected chi connectivity index (χ1v) is 19.0. The summed E-state index contributed by atoms with van der Waals surface area (Å²) in [7, 11) is 0. The fraction of sp³-hybridized carbons (Fsp3) is 0. The van der Waals surface area contributed by atoms with Crippen molar-refractivity contribution in [2.24, 2.45) is 0 Å². The zero-order valence-corrected chi connectivity index (χ0v) is 29.3. The minimum atomic E-state index is 0.118. The third-order valence-electron chi connectivity index (χ3n) is 11.2. The van der Waals surface area contributed by atoms with Gasteiger partial charge in [-0.3, -0.25) is 0 Å². The fourth-order valence-electron chi connectivity index (χ4n) is 8.94. The lowest BCUT2D eigenvalue weighted by Crippen LogP contribution is -2.46. The summed E-state index contributed by atoms with van der Waals surface area (Å²) >= 11 is 1.94. The second-order valence-corrected chi connectivity index (χ2v) is 15.2. The molecular weight excluding hydrogens is 663 g/mol. The van der Waals surface area contributed by atoms with Crippen molar-refractivity contribution in [3.8, 4) is 45.1 Å². The molecule has 0 spiro atoms. The van der Waals surface area contributed by atoms with Crippen LogP contribution < -0.4 is 15.7 Å². The molecule has 0 saturated carbocycles. The van der Waals surface area contributed by atoms with Crippen molar-refractivity contribution in [2.75, 3.05) is 0 Å². The number of nitrogens with zero attached hydrogens (tertiary/aromatic N) is 2. The normalized spacial score (nSPS) is 12.9. The minimum Gasteiger partial charge on any atom is -0.458 e. The molecule has 5 heteroatoms. The molecule has 2 aliphatic rings. The molecule has 0 aliphatic carbocycles. The van der Waals surface area contributed by atoms with E-state index in [2.05, 4.69) is 185 Å². The van der Waals surface area contributed by atoms with Crippen LogP contribution in [0.25, 0.3) is 77.2 Å². The lowest BCUT2D eigenvalue weighted by atomic mass is 9.57. The van der Waals surface area contributed by atoms with Crippen molar-refractivity contribution in [3.63, 3.8) is 0 Å². The van der Waals surface area contributed by atoms with Crippen LogP contribution in [0.15, 0.2) is 181 Å². The maximum atomic E-state index is 6.83. The Morgan fingerprint density at radius 2 is 1.00 bits per heavy atom. The largest absolute Gasteiger partial charge is 0.458 e. The van der Waals surface area contributed by atoms with Crippen molar-refractivity contribution in [1.29, 1.82) is 0 Å². The van der Waals surface area contributed by atoms with E-state index in [1.54, 1.807) is 0 Å². The smallest absolute Gasteiger partial charge is 0.289 e. The summed E-state index contributed by atoms with van der Waals surface area (Å²) in [5.74, 6) is 1.98. The maximum absolute atomic E-state index is 6.83. The highest BCUT2D eigenvalue weighted by Gasteiger charge is 2.39. The molecule has 3 nitrogen and oxygen atoms in total. The molecule has 0 amide bonds. The van der Waals surface area contributed by atoms with Crippen LogP contribution in [0, 0.1) is 0 Å². The van der Waals surface area contributed by atoms with E-state index in [0.717, 1.165) is 22.7 Å². The van der Waals surface area contributed by atoms with Gasteiger partial charge in [0.05, 0.1) is 27.8 Å². The monoisotopic (exact) mass is 692 g/mol. The van der Waals surface area contributed by atoms with Crippen LogP contribution in [0.5, 0.6) is 11.5 Å². The molecule has 246 valence electrons. The average Bonchev–Trinajstić information content (AvgIpc) is 3.74. The predicted octanol–water partition coefficient (Wildman–Crippen LogP) is 11.5. The highest BCUT2D eigenvalue weighted by molar-refractivity contribution is 8.28. The van der Waals surface area contributed by atoms with E-state index < -0.39 is 0 Å². The molecule has 4 heterocycles. The molecule has 2 aromatic heterocycles. The highest BCUT2D eigenvalue weighted by Crippen LogP contribution is 2.47. The Morgan fingerprint density at radius 3 is 1.68 bits per heavy atom. The Labute approximate surface area is 310 Å². The van der Waals surface area contributed by atoms with Gasteiger partial charge in [-0.05, 0) is 88.3 Å². The van der Waals surface area contributed by atoms with Crippen LogP contribution in [0.1, 0.15) is 0 Å². The SMILES string of the molecule is c1ccc2c(c1)Oc1cc(-c3ccccc3-n3c4ccccc4c4ccccc43)cc3c1B2Sc1cc(-n2c4ccccc4c4ccccc42)ccc1-3. The van der Waals surface area contributed by atoms with Crippen molar-refractivity contribution < 1.29 is 4.74 Å². The zero-order chi connectivity index (χ0) is 34.6. The highest BCUT2D eigenvalue weighted by atomic mass is 32.2. The molecule has 12 rings (SSSR count). The Balaban J connectivity index is 1.10. The molecular formula is C48H29BN2OS. The van der Waals surface area contributed by atoms with E-state index >= 15 is 0 Å². The maximum Gasteiger partial charge on any atom is 0.289 e. The molecule has 0 atom stereocenters. The van der Waals surface area contributed by atoms with E-state index in [1.165, 1.54) is 81.8 Å². The molecule has 0 N–H and O–H groups in total. The molecule has 8 aromatic carbocycles. The quantitative estimate of drug-likeness (QED) is 0.172. The average molecular weight is 693 g/mol. The van der Waals surface area contributed by atoms with Crippen molar-refractivity contribution in [2.45, 2.75) is 4.90 Å². The molecule has 53 heavy (non-hydrogen) atoms. The van der Waals surface area contributed by atoms with E-state index in [0.29, 0.717) is 0 Å². The van der Waals surface area contributed by atoms with Gasteiger partial charge in [0.15, 0.2) is 0 Å². The summed E-state index contributed by atoms with van der Waals surface area (Å²) in [6.45, 7) is 0. The van der Waals surface area contributed by atoms with Gasteiger partial charge in [-0.1, -0.05) is 115 Å². The first-order chi connectivity index (χ1) is 26.3. The molecule has 0 bridgehead atoms. The number of hydrogen-bond donors (Lipinski definition) is 0. The lowest BCUT2D eigenvalue weighted by Gasteiger charge is -2.33. The van der Waals surface area contributed by atoms with Gasteiger partial charge in [-0.25, -0.2) is 0 Å². The van der Waals surface area contributed by atoms with Gasteiger partial charge in [0.25, 0.3) is 5.99 Å². The Hall–Kier alpha value is -6.43. The Bertz CT molecular complexity index is 3050. The molecule has 0 fully saturated rings. The van der Waals surface area contributed by atoms with Gasteiger partial charge in [0.2, 0.25) is 0 Å². The number of benzene rings is 8. The second kappa shape index (κ2) is 11.0. The van der Waals surface area contributed by atoms with Gasteiger partial charge < -0.3 is 13.9 Å². The van der Waals surface area contributed by atoms with E-state index in [4.69, 9.17) is 4.74 Å². The summed E-state index contributed by atoms with van der Waals surface area (Å²) < 4.78 is 11.7. The topological polar surface area (TPSA) is 19.1 Å². The van der Waals surface area contributed by atoms with Gasteiger partial charge in [0, 0.05) is 37.7 Å². The van der Waals surface area contributed by atoms with Crippen LogP contribution >= 0.6 is 11.6 Å². The fourth-order valence-corrected chi connectivity index (χ4v) is 10.4. The van der Waals surface area contributed by atoms with Crippen molar-refractivity contribution in [3.05, 3.63) is 176 Å². The molecule has 0 radical (unpaired) electrons. The van der Waals surface area contributed by atoms with Crippen LogP contribution in [0.4, 0.5) is 0 Å².